The van der Waals surface area contributed by atoms with Gasteiger partial charge in [0.2, 0.25) is 5.91 Å². The number of hydrogen-bond donors (Lipinski definition) is 2. The molecule has 1 rings (SSSR count). The Bertz CT molecular complexity index is 118. The zero-order valence-corrected chi connectivity index (χ0v) is 4.23. The monoisotopic (exact) mass is 115 g/mol. The number of urea groups is 1. The molecule has 4 nitrogen and oxygen atoms in total. The first kappa shape index (κ1) is 5.08. The SMILES string of the molecule is O=C1CCN[13C](=O)N1. The Morgan fingerprint density at radius 2 is 2.12 bits per heavy atom. The van der Waals surface area contributed by atoms with Crippen molar-refractivity contribution in [2.45, 2.75) is 6.42 Å². The van der Waals surface area contributed by atoms with Crippen LogP contribution >= 0.6 is 0 Å². The van der Waals surface area contributed by atoms with E-state index in [1.165, 1.54) is 0 Å². The van der Waals surface area contributed by atoms with E-state index in [0.29, 0.717) is 13.0 Å². The van der Waals surface area contributed by atoms with E-state index in [-0.39, 0.29) is 11.9 Å². The second-order valence-electron chi connectivity index (χ2n) is 1.55. The molecule has 2 N–H and O–H groups in total. The molecule has 0 unspecified atom stereocenters. The molecule has 0 radical (unpaired) electrons. The van der Waals surface area contributed by atoms with E-state index in [1.807, 2.05) is 0 Å². The lowest BCUT2D eigenvalue weighted by Gasteiger charge is -2.10. The van der Waals surface area contributed by atoms with E-state index in [0.717, 1.165) is 0 Å². The Labute approximate surface area is 46.3 Å². The number of carbonyl (C=O) groups is 2. The van der Waals surface area contributed by atoms with Crippen molar-refractivity contribution in [3.05, 3.63) is 0 Å². The van der Waals surface area contributed by atoms with Crippen LogP contribution in [0.3, 0.4) is 0 Å². The molecule has 0 saturated carbocycles. The first-order valence-electron chi connectivity index (χ1n) is 2.37. The van der Waals surface area contributed by atoms with Crippen LogP contribution in [0.2, 0.25) is 0 Å². The molecule has 4 heteroatoms. The van der Waals surface area contributed by atoms with Crippen molar-refractivity contribution in [3.8, 4) is 0 Å². The molecule has 0 aromatic rings. The standard InChI is InChI=1S/C4H6N2O2/c7-3-1-2-5-4(8)6-3/h1-2H2,(H2,5,6,7,8)/i4+1. The molecule has 1 aliphatic rings. The highest BCUT2D eigenvalue weighted by Gasteiger charge is 2.11. The van der Waals surface area contributed by atoms with E-state index in [1.54, 1.807) is 0 Å². The first-order valence-corrected chi connectivity index (χ1v) is 2.37. The van der Waals surface area contributed by atoms with Gasteiger partial charge in [0.25, 0.3) is 0 Å². The van der Waals surface area contributed by atoms with Crippen LogP contribution in [0.4, 0.5) is 4.79 Å². The van der Waals surface area contributed by atoms with Crippen LogP contribution in [0.15, 0.2) is 0 Å². The van der Waals surface area contributed by atoms with Crippen LogP contribution in [-0.2, 0) is 4.79 Å². The van der Waals surface area contributed by atoms with Crippen molar-refractivity contribution in [1.29, 1.82) is 0 Å². The van der Waals surface area contributed by atoms with Gasteiger partial charge in [-0.2, -0.15) is 0 Å². The van der Waals surface area contributed by atoms with Crippen LogP contribution in [0.1, 0.15) is 6.42 Å². The lowest BCUT2D eigenvalue weighted by molar-refractivity contribution is -0.120. The van der Waals surface area contributed by atoms with Gasteiger partial charge in [0.15, 0.2) is 0 Å². The zero-order valence-electron chi connectivity index (χ0n) is 4.23. The molecule has 0 aromatic heterocycles. The summed E-state index contributed by atoms with van der Waals surface area (Å²) in [6.45, 7) is 0.463. The molecule has 1 fully saturated rings. The summed E-state index contributed by atoms with van der Waals surface area (Å²) in [4.78, 5) is 20.5. The number of nitrogens with one attached hydrogen (secondary N) is 2. The average molecular weight is 115 g/mol. The molecule has 0 aliphatic carbocycles. The molecule has 8 heavy (non-hydrogen) atoms. The van der Waals surface area contributed by atoms with Gasteiger partial charge in [-0.3, -0.25) is 10.1 Å². The van der Waals surface area contributed by atoms with Gasteiger partial charge < -0.3 is 5.32 Å². The summed E-state index contributed by atoms with van der Waals surface area (Å²) in [5, 5.41) is 4.53. The Balaban J connectivity index is 2.45. The molecule has 3 amide bonds. The van der Waals surface area contributed by atoms with Gasteiger partial charge in [-0.05, 0) is 0 Å². The fraction of sp³-hybridized carbons (Fsp3) is 0.500. The topological polar surface area (TPSA) is 58.2 Å². The van der Waals surface area contributed by atoms with E-state index < -0.39 is 0 Å². The fourth-order valence-corrected chi connectivity index (χ4v) is 0.523. The predicted molar refractivity (Wildman–Crippen MR) is 26.2 cm³/mol. The normalized spacial score (nSPS) is 19.5. The minimum Gasteiger partial charge on any atom is -0.337 e. The fourth-order valence-electron chi connectivity index (χ4n) is 0.523. The maximum absolute atomic E-state index is 10.3. The van der Waals surface area contributed by atoms with Crippen molar-refractivity contribution in [2.75, 3.05) is 6.54 Å². The molecule has 0 atom stereocenters. The van der Waals surface area contributed by atoms with Gasteiger partial charge in [-0.15, -0.1) is 0 Å². The number of imide groups is 1. The van der Waals surface area contributed by atoms with Crippen molar-refractivity contribution in [3.63, 3.8) is 0 Å². The van der Waals surface area contributed by atoms with Crippen molar-refractivity contribution in [1.82, 2.24) is 10.6 Å². The summed E-state index contributed by atoms with van der Waals surface area (Å²) < 4.78 is 0. The van der Waals surface area contributed by atoms with Gasteiger partial charge in [0, 0.05) is 13.0 Å². The molecule has 1 heterocycles. The molecular weight excluding hydrogens is 109 g/mol. The maximum Gasteiger partial charge on any atom is 0.321 e. The summed E-state index contributed by atoms with van der Waals surface area (Å²) in [5.41, 5.74) is 0. The number of carbonyl (C=O) groups excluding carboxylic acids is 2. The molecule has 1 saturated heterocycles. The summed E-state index contributed by atoms with van der Waals surface area (Å²) in [6.07, 6.45) is 0.395. The summed E-state index contributed by atoms with van der Waals surface area (Å²) >= 11 is 0. The highest BCUT2D eigenvalue weighted by Crippen LogP contribution is 1.82. The smallest absolute Gasteiger partial charge is 0.321 e. The van der Waals surface area contributed by atoms with E-state index >= 15 is 0 Å². The van der Waals surface area contributed by atoms with Gasteiger partial charge >= 0.3 is 6.03 Å². The van der Waals surface area contributed by atoms with Crippen molar-refractivity contribution >= 4 is 11.9 Å². The predicted octanol–water partition coefficient (Wildman–Crippen LogP) is -0.784. The van der Waals surface area contributed by atoms with Gasteiger partial charge in [0.1, 0.15) is 0 Å². The van der Waals surface area contributed by atoms with Crippen LogP contribution in [0, 0.1) is 0 Å². The van der Waals surface area contributed by atoms with Crippen LogP contribution in [0.25, 0.3) is 0 Å². The van der Waals surface area contributed by atoms with Crippen LogP contribution < -0.4 is 10.6 Å². The quantitative estimate of drug-likeness (QED) is 0.407. The second-order valence-corrected chi connectivity index (χ2v) is 1.55. The third kappa shape index (κ3) is 0.959. The van der Waals surface area contributed by atoms with Gasteiger partial charge in [-0.1, -0.05) is 0 Å². The number of hydrogen-bond acceptors (Lipinski definition) is 2. The van der Waals surface area contributed by atoms with Gasteiger partial charge in [0.05, 0.1) is 0 Å². The van der Waals surface area contributed by atoms with E-state index in [9.17, 15) is 9.59 Å². The molecule has 44 valence electrons. The minimum absolute atomic E-state index is 0.200. The van der Waals surface area contributed by atoms with E-state index in [2.05, 4.69) is 10.6 Å². The zero-order chi connectivity index (χ0) is 5.98. The highest BCUT2D eigenvalue weighted by molar-refractivity contribution is 5.96. The van der Waals surface area contributed by atoms with Crippen molar-refractivity contribution in [2.24, 2.45) is 0 Å². The molecule has 0 aromatic carbocycles. The highest BCUT2D eigenvalue weighted by atomic mass is 16.2. The Kier molecular flexibility index (Phi) is 1.15. The van der Waals surface area contributed by atoms with Crippen LogP contribution in [-0.4, -0.2) is 18.5 Å². The molecule has 1 aliphatic heterocycles. The maximum atomic E-state index is 10.3. The first-order chi connectivity index (χ1) is 3.79. The summed E-state index contributed by atoms with van der Waals surface area (Å²) in [6, 6.07) is -0.388. The lowest BCUT2D eigenvalue weighted by atomic mass is 10.4. The summed E-state index contributed by atoms with van der Waals surface area (Å²) in [5.74, 6) is -0.200. The average Bonchev–Trinajstić information content (AvgIpc) is 1.64. The number of amides is 3. The Hall–Kier alpha value is -1.06. The third-order valence-corrected chi connectivity index (χ3v) is 0.891. The summed E-state index contributed by atoms with van der Waals surface area (Å²) in [7, 11) is 0. The largest absolute Gasteiger partial charge is 0.337 e. The number of rotatable bonds is 0. The minimum atomic E-state index is -0.388. The van der Waals surface area contributed by atoms with Crippen molar-refractivity contribution < 1.29 is 9.59 Å². The Morgan fingerprint density at radius 1 is 1.38 bits per heavy atom. The second kappa shape index (κ2) is 1.81. The molecule has 0 bridgehead atoms. The van der Waals surface area contributed by atoms with E-state index in [4.69, 9.17) is 0 Å². The molecule has 0 spiro atoms. The Morgan fingerprint density at radius 3 is 2.50 bits per heavy atom. The third-order valence-electron chi connectivity index (χ3n) is 0.891. The van der Waals surface area contributed by atoms with Crippen LogP contribution in [0.5, 0.6) is 0 Å². The van der Waals surface area contributed by atoms with Gasteiger partial charge in [-0.25, -0.2) is 4.79 Å². The molecular formula is C4H6N2O2. The lowest BCUT2D eigenvalue weighted by Crippen LogP contribution is -2.46.